The number of hydrogen-bond acceptors (Lipinski definition) is 3. The van der Waals surface area contributed by atoms with E-state index in [1.807, 2.05) is 0 Å². The van der Waals surface area contributed by atoms with Gasteiger partial charge in [-0.25, -0.2) is 0 Å². The van der Waals surface area contributed by atoms with Crippen molar-refractivity contribution in [3.8, 4) is 0 Å². The predicted molar refractivity (Wildman–Crippen MR) is 100 cm³/mol. The lowest BCUT2D eigenvalue weighted by Gasteiger charge is -2.16. The summed E-state index contributed by atoms with van der Waals surface area (Å²) in [5.41, 5.74) is 1.73. The maximum Gasteiger partial charge on any atom is 0.253 e. The summed E-state index contributed by atoms with van der Waals surface area (Å²) in [5, 5.41) is 5.57. The van der Waals surface area contributed by atoms with Crippen LogP contribution in [0.2, 0.25) is 5.02 Å². The fourth-order valence-corrected chi connectivity index (χ4v) is 2.97. The quantitative estimate of drug-likeness (QED) is 0.848. The second-order valence-electron chi connectivity index (χ2n) is 5.91. The first-order valence-corrected chi connectivity index (χ1v) is 8.65. The third-order valence-electron chi connectivity index (χ3n) is 4.06. The summed E-state index contributed by atoms with van der Waals surface area (Å²) < 4.78 is 0. The molecule has 7 heteroatoms. The number of carbonyl (C=O) groups is 3. The number of anilines is 2. The molecule has 3 amide bonds. The van der Waals surface area contributed by atoms with Crippen molar-refractivity contribution in [1.82, 2.24) is 5.32 Å². The number of amides is 3. The molecule has 134 valence electrons. The van der Waals surface area contributed by atoms with Crippen molar-refractivity contribution >= 4 is 40.7 Å². The number of nitrogens with zero attached hydrogens (tertiary/aromatic N) is 1. The largest absolute Gasteiger partial charge is 0.343 e. The Labute approximate surface area is 156 Å². The van der Waals surface area contributed by atoms with Gasteiger partial charge in [0.05, 0.1) is 17.1 Å². The van der Waals surface area contributed by atoms with Gasteiger partial charge in [-0.3, -0.25) is 14.4 Å². The number of rotatable bonds is 5. The molecule has 1 aliphatic rings. The summed E-state index contributed by atoms with van der Waals surface area (Å²) in [4.78, 5) is 37.5. The molecule has 1 fully saturated rings. The SMILES string of the molecule is O=C(CNC(=O)c1ccccc1Cl)Nc1ccc(N2CCCC2=O)cc1. The van der Waals surface area contributed by atoms with Gasteiger partial charge in [-0.1, -0.05) is 23.7 Å². The summed E-state index contributed by atoms with van der Waals surface area (Å²) in [5.74, 6) is -0.645. The van der Waals surface area contributed by atoms with E-state index in [2.05, 4.69) is 10.6 Å². The molecule has 0 aromatic heterocycles. The van der Waals surface area contributed by atoms with Gasteiger partial charge in [-0.2, -0.15) is 0 Å². The molecule has 6 nitrogen and oxygen atoms in total. The van der Waals surface area contributed by atoms with E-state index in [-0.39, 0.29) is 18.4 Å². The number of carbonyl (C=O) groups excluding carboxylic acids is 3. The smallest absolute Gasteiger partial charge is 0.253 e. The van der Waals surface area contributed by atoms with Crippen molar-refractivity contribution in [2.45, 2.75) is 12.8 Å². The lowest BCUT2D eigenvalue weighted by atomic mass is 10.2. The van der Waals surface area contributed by atoms with Gasteiger partial charge in [0.1, 0.15) is 0 Å². The Kier molecular flexibility index (Phi) is 5.53. The van der Waals surface area contributed by atoms with Gasteiger partial charge in [-0.05, 0) is 42.8 Å². The normalized spacial score (nSPS) is 13.6. The number of halogens is 1. The van der Waals surface area contributed by atoms with Crippen LogP contribution in [0.4, 0.5) is 11.4 Å². The summed E-state index contributed by atoms with van der Waals surface area (Å²) in [6.07, 6.45) is 1.44. The number of benzene rings is 2. The Morgan fingerprint density at radius 3 is 2.46 bits per heavy atom. The van der Waals surface area contributed by atoms with Crippen molar-refractivity contribution in [2.75, 3.05) is 23.3 Å². The van der Waals surface area contributed by atoms with Crippen molar-refractivity contribution in [1.29, 1.82) is 0 Å². The van der Waals surface area contributed by atoms with Gasteiger partial charge in [0.2, 0.25) is 11.8 Å². The molecule has 2 aromatic rings. The standard InChI is InChI=1S/C19H18ClN3O3/c20-16-5-2-1-4-15(16)19(26)21-12-17(24)22-13-7-9-14(10-8-13)23-11-3-6-18(23)25/h1-2,4-5,7-10H,3,6,11-12H2,(H,21,26)(H,22,24). The molecular formula is C19H18ClN3O3. The predicted octanol–water partition coefficient (Wildman–Crippen LogP) is 2.84. The van der Waals surface area contributed by atoms with Crippen LogP contribution < -0.4 is 15.5 Å². The van der Waals surface area contributed by atoms with Crippen LogP contribution in [-0.2, 0) is 9.59 Å². The minimum absolute atomic E-state index is 0.115. The highest BCUT2D eigenvalue weighted by molar-refractivity contribution is 6.33. The number of nitrogens with one attached hydrogen (secondary N) is 2. The van der Waals surface area contributed by atoms with E-state index in [1.165, 1.54) is 0 Å². The summed E-state index contributed by atoms with van der Waals surface area (Å²) in [7, 11) is 0. The number of hydrogen-bond donors (Lipinski definition) is 2. The Hall–Kier alpha value is -2.86. The van der Waals surface area contributed by atoms with Crippen LogP contribution in [0.5, 0.6) is 0 Å². The summed E-state index contributed by atoms with van der Waals surface area (Å²) in [6, 6.07) is 13.7. The Morgan fingerprint density at radius 1 is 1.08 bits per heavy atom. The van der Waals surface area contributed by atoms with Crippen molar-refractivity contribution in [2.24, 2.45) is 0 Å². The molecule has 0 bridgehead atoms. The minimum Gasteiger partial charge on any atom is -0.343 e. The molecule has 2 aromatic carbocycles. The average Bonchev–Trinajstić information content (AvgIpc) is 3.07. The van der Waals surface area contributed by atoms with Crippen LogP contribution in [0.1, 0.15) is 23.2 Å². The van der Waals surface area contributed by atoms with Gasteiger partial charge in [0, 0.05) is 24.3 Å². The lowest BCUT2D eigenvalue weighted by molar-refractivity contribution is -0.117. The Balaban J connectivity index is 1.52. The van der Waals surface area contributed by atoms with Gasteiger partial charge >= 0.3 is 0 Å². The molecule has 26 heavy (non-hydrogen) atoms. The average molecular weight is 372 g/mol. The molecule has 0 unspecified atom stereocenters. The van der Waals surface area contributed by atoms with Gasteiger partial charge in [0.15, 0.2) is 0 Å². The van der Waals surface area contributed by atoms with E-state index in [0.717, 1.165) is 18.7 Å². The van der Waals surface area contributed by atoms with Crippen LogP contribution in [0.15, 0.2) is 48.5 Å². The van der Waals surface area contributed by atoms with Gasteiger partial charge in [0.25, 0.3) is 5.91 Å². The van der Waals surface area contributed by atoms with E-state index in [9.17, 15) is 14.4 Å². The molecule has 0 spiro atoms. The first-order valence-electron chi connectivity index (χ1n) is 8.27. The summed E-state index contributed by atoms with van der Waals surface area (Å²) in [6.45, 7) is 0.551. The molecule has 0 aliphatic carbocycles. The van der Waals surface area contributed by atoms with Crippen molar-refractivity contribution in [3.63, 3.8) is 0 Å². The maximum absolute atomic E-state index is 12.0. The van der Waals surface area contributed by atoms with Crippen molar-refractivity contribution < 1.29 is 14.4 Å². The molecule has 0 saturated carbocycles. The zero-order valence-corrected chi connectivity index (χ0v) is 14.8. The fraction of sp³-hybridized carbons (Fsp3) is 0.211. The second kappa shape index (κ2) is 8.01. The molecule has 1 saturated heterocycles. The minimum atomic E-state index is -0.409. The van der Waals surface area contributed by atoms with Crippen LogP contribution in [0.25, 0.3) is 0 Å². The van der Waals surface area contributed by atoms with Crippen LogP contribution in [0, 0.1) is 0 Å². The highest BCUT2D eigenvalue weighted by Gasteiger charge is 2.21. The molecule has 1 heterocycles. The van der Waals surface area contributed by atoms with Crippen LogP contribution in [0.3, 0.4) is 0 Å². The van der Waals surface area contributed by atoms with E-state index >= 15 is 0 Å². The zero-order valence-electron chi connectivity index (χ0n) is 14.0. The fourth-order valence-electron chi connectivity index (χ4n) is 2.75. The zero-order chi connectivity index (χ0) is 18.5. The monoisotopic (exact) mass is 371 g/mol. The Morgan fingerprint density at radius 2 is 1.81 bits per heavy atom. The molecule has 3 rings (SSSR count). The Bertz CT molecular complexity index is 836. The lowest BCUT2D eigenvalue weighted by Crippen LogP contribution is -2.33. The van der Waals surface area contributed by atoms with Gasteiger partial charge in [-0.15, -0.1) is 0 Å². The van der Waals surface area contributed by atoms with E-state index in [1.54, 1.807) is 53.4 Å². The third-order valence-corrected chi connectivity index (χ3v) is 4.39. The topological polar surface area (TPSA) is 78.5 Å². The molecule has 2 N–H and O–H groups in total. The van der Waals surface area contributed by atoms with Crippen molar-refractivity contribution in [3.05, 3.63) is 59.1 Å². The maximum atomic E-state index is 12.0. The molecule has 0 radical (unpaired) electrons. The van der Waals surface area contributed by atoms with E-state index < -0.39 is 5.91 Å². The van der Waals surface area contributed by atoms with Crippen LogP contribution >= 0.6 is 11.6 Å². The molecular weight excluding hydrogens is 354 g/mol. The van der Waals surface area contributed by atoms with Gasteiger partial charge < -0.3 is 15.5 Å². The molecule has 1 aliphatic heterocycles. The highest BCUT2D eigenvalue weighted by Crippen LogP contribution is 2.23. The molecule has 0 atom stereocenters. The van der Waals surface area contributed by atoms with Crippen LogP contribution in [-0.4, -0.2) is 30.8 Å². The van der Waals surface area contributed by atoms with E-state index in [0.29, 0.717) is 22.7 Å². The summed E-state index contributed by atoms with van der Waals surface area (Å²) >= 11 is 5.95. The first kappa shape index (κ1) is 17.9. The first-order chi connectivity index (χ1) is 12.5. The second-order valence-corrected chi connectivity index (χ2v) is 6.31. The van der Waals surface area contributed by atoms with E-state index in [4.69, 9.17) is 11.6 Å². The highest BCUT2D eigenvalue weighted by atomic mass is 35.5. The third kappa shape index (κ3) is 4.21.